The molecule has 1 aromatic rings. The highest BCUT2D eigenvalue weighted by molar-refractivity contribution is 8.16. The van der Waals surface area contributed by atoms with Crippen molar-refractivity contribution in [3.05, 3.63) is 62.3 Å². The number of esters is 2. The van der Waals surface area contributed by atoms with Crippen LogP contribution in [0.1, 0.15) is 58.6 Å². The van der Waals surface area contributed by atoms with E-state index in [9.17, 15) is 24.5 Å². The summed E-state index contributed by atoms with van der Waals surface area (Å²) in [4.78, 5) is 57.9. The van der Waals surface area contributed by atoms with E-state index in [4.69, 9.17) is 9.47 Å². The summed E-state index contributed by atoms with van der Waals surface area (Å²) in [5.41, 5.74) is 2.00. The summed E-state index contributed by atoms with van der Waals surface area (Å²) in [6, 6.07) is 5.31. The normalized spacial score (nSPS) is 20.8. The molecule has 2 unspecified atom stereocenters. The molecule has 39 heavy (non-hydrogen) atoms. The number of piperidine rings is 1. The number of thioether (sulfide) groups is 1. The lowest BCUT2D eigenvalue weighted by atomic mass is 9.93. The van der Waals surface area contributed by atoms with Crippen LogP contribution >= 0.6 is 11.8 Å². The highest BCUT2D eigenvalue weighted by Crippen LogP contribution is 2.45. The fourth-order valence-corrected chi connectivity index (χ4v) is 5.89. The van der Waals surface area contributed by atoms with Crippen LogP contribution < -0.4 is 0 Å². The molecule has 3 heterocycles. The number of hydrogen-bond acceptors (Lipinski definition) is 10. The molecular weight excluding hydrogens is 524 g/mol. The zero-order chi connectivity index (χ0) is 28.3. The number of carbonyl (C=O) groups is 3. The van der Waals surface area contributed by atoms with Crippen LogP contribution in [0.5, 0.6) is 0 Å². The van der Waals surface area contributed by atoms with Gasteiger partial charge in [0, 0.05) is 30.9 Å². The second-order valence-electron chi connectivity index (χ2n) is 9.80. The predicted molar refractivity (Wildman–Crippen MR) is 145 cm³/mol. The van der Waals surface area contributed by atoms with Gasteiger partial charge in [-0.05, 0) is 63.6 Å². The summed E-state index contributed by atoms with van der Waals surface area (Å²) in [7, 11) is 0. The van der Waals surface area contributed by atoms with Crippen LogP contribution in [0.25, 0.3) is 0 Å². The van der Waals surface area contributed by atoms with E-state index in [1.165, 1.54) is 23.9 Å². The molecule has 1 fully saturated rings. The molecule has 4 rings (SSSR count). The molecule has 3 aliphatic rings. The number of fused-ring (bicyclic) bond motifs is 1. The van der Waals surface area contributed by atoms with E-state index in [2.05, 4.69) is 4.99 Å². The van der Waals surface area contributed by atoms with Gasteiger partial charge in [0.15, 0.2) is 5.17 Å². The SMILES string of the molecule is CCOC(=O)C1CCCN(C(=O)CC2=CSC3=NC(C)=C(C(=O)OC(C)C)C(c4ccc([N+](=O)[O-])cc4)N23)C1. The number of benzene rings is 1. The van der Waals surface area contributed by atoms with E-state index >= 15 is 0 Å². The van der Waals surface area contributed by atoms with Gasteiger partial charge in [-0.2, -0.15) is 0 Å². The number of nitrogens with zero attached hydrogens (tertiary/aromatic N) is 4. The molecule has 3 aliphatic heterocycles. The second kappa shape index (κ2) is 12.0. The topological polar surface area (TPSA) is 132 Å². The lowest BCUT2D eigenvalue weighted by Gasteiger charge is -2.37. The molecule has 0 bridgehead atoms. The molecular formula is C27H32N4O7S. The molecule has 1 aromatic carbocycles. The van der Waals surface area contributed by atoms with Crippen LogP contribution in [0.15, 0.2) is 51.6 Å². The van der Waals surface area contributed by atoms with E-state index < -0.39 is 16.9 Å². The fraction of sp³-hybridized carbons (Fsp3) is 0.481. The lowest BCUT2D eigenvalue weighted by Crippen LogP contribution is -2.44. The average molecular weight is 557 g/mol. The Morgan fingerprint density at radius 2 is 1.95 bits per heavy atom. The minimum absolute atomic E-state index is 0.0383. The smallest absolute Gasteiger partial charge is 0.338 e. The van der Waals surface area contributed by atoms with Crippen LogP contribution in [0.4, 0.5) is 5.69 Å². The van der Waals surface area contributed by atoms with E-state index in [-0.39, 0.29) is 36.0 Å². The first-order valence-corrected chi connectivity index (χ1v) is 13.8. The summed E-state index contributed by atoms with van der Waals surface area (Å²) in [5.74, 6) is -1.32. The third kappa shape index (κ3) is 6.16. The number of carbonyl (C=O) groups excluding carboxylic acids is 3. The molecule has 0 aliphatic carbocycles. The molecule has 0 aromatic heterocycles. The van der Waals surface area contributed by atoms with E-state index in [1.807, 2.05) is 10.3 Å². The first-order chi connectivity index (χ1) is 18.6. The van der Waals surface area contributed by atoms with Crippen LogP contribution in [-0.2, 0) is 23.9 Å². The monoisotopic (exact) mass is 556 g/mol. The van der Waals surface area contributed by atoms with Gasteiger partial charge in [-0.3, -0.25) is 19.7 Å². The van der Waals surface area contributed by atoms with E-state index in [1.54, 1.807) is 44.7 Å². The minimum Gasteiger partial charge on any atom is -0.466 e. The molecule has 208 valence electrons. The maximum absolute atomic E-state index is 13.4. The fourth-order valence-electron chi connectivity index (χ4n) is 4.92. The summed E-state index contributed by atoms with van der Waals surface area (Å²) < 4.78 is 10.7. The van der Waals surface area contributed by atoms with E-state index in [0.29, 0.717) is 60.2 Å². The highest BCUT2D eigenvalue weighted by Gasteiger charge is 2.42. The van der Waals surface area contributed by atoms with Crippen molar-refractivity contribution in [3.63, 3.8) is 0 Å². The Morgan fingerprint density at radius 1 is 1.23 bits per heavy atom. The minimum atomic E-state index is -0.688. The number of likely N-dealkylation sites (tertiary alicyclic amines) is 1. The van der Waals surface area contributed by atoms with Crippen molar-refractivity contribution in [1.82, 2.24) is 9.80 Å². The van der Waals surface area contributed by atoms with Gasteiger partial charge in [-0.25, -0.2) is 9.79 Å². The summed E-state index contributed by atoms with van der Waals surface area (Å²) >= 11 is 1.35. The Morgan fingerprint density at radius 3 is 2.59 bits per heavy atom. The quantitative estimate of drug-likeness (QED) is 0.261. The first-order valence-electron chi connectivity index (χ1n) is 12.9. The molecule has 11 nitrogen and oxygen atoms in total. The first kappa shape index (κ1) is 28.3. The zero-order valence-corrected chi connectivity index (χ0v) is 23.2. The Bertz CT molecular complexity index is 1260. The van der Waals surface area contributed by atoms with Crippen LogP contribution in [0, 0.1) is 16.0 Å². The van der Waals surface area contributed by atoms with Gasteiger partial charge in [-0.1, -0.05) is 11.8 Å². The number of nitro benzene ring substituents is 1. The molecule has 0 N–H and O–H groups in total. The molecule has 0 radical (unpaired) electrons. The van der Waals surface area contributed by atoms with Crippen molar-refractivity contribution in [2.24, 2.45) is 10.9 Å². The number of allylic oxidation sites excluding steroid dienone is 1. The largest absolute Gasteiger partial charge is 0.466 e. The number of ether oxygens (including phenoxy) is 2. The number of aliphatic imine (C=N–C) groups is 1. The number of nitro groups is 1. The van der Waals surface area contributed by atoms with Gasteiger partial charge in [-0.15, -0.1) is 0 Å². The van der Waals surface area contributed by atoms with Gasteiger partial charge >= 0.3 is 11.9 Å². The molecule has 2 atom stereocenters. The Hall–Kier alpha value is -3.67. The third-order valence-electron chi connectivity index (χ3n) is 6.71. The van der Waals surface area contributed by atoms with Crippen molar-refractivity contribution in [2.75, 3.05) is 19.7 Å². The Kier molecular flexibility index (Phi) is 8.73. The summed E-state index contributed by atoms with van der Waals surface area (Å²) in [6.45, 7) is 8.14. The lowest BCUT2D eigenvalue weighted by molar-refractivity contribution is -0.384. The molecule has 0 spiro atoms. The molecule has 12 heteroatoms. The van der Waals surface area contributed by atoms with Gasteiger partial charge in [0.25, 0.3) is 5.69 Å². The van der Waals surface area contributed by atoms with Gasteiger partial charge < -0.3 is 19.3 Å². The van der Waals surface area contributed by atoms with Crippen LogP contribution in [0.3, 0.4) is 0 Å². The Balaban J connectivity index is 1.63. The maximum Gasteiger partial charge on any atom is 0.338 e. The average Bonchev–Trinajstić information content (AvgIpc) is 3.29. The maximum atomic E-state index is 13.4. The number of amides is 1. The van der Waals surface area contributed by atoms with Gasteiger partial charge in [0.1, 0.15) is 0 Å². The van der Waals surface area contributed by atoms with Crippen LogP contribution in [-0.4, -0.2) is 63.5 Å². The third-order valence-corrected chi connectivity index (χ3v) is 7.60. The van der Waals surface area contributed by atoms with Gasteiger partial charge in [0.2, 0.25) is 5.91 Å². The van der Waals surface area contributed by atoms with Crippen LogP contribution in [0.2, 0.25) is 0 Å². The molecule has 0 saturated carbocycles. The molecule has 1 amide bonds. The summed E-state index contributed by atoms with van der Waals surface area (Å²) in [6.07, 6.45) is 1.06. The molecule has 1 saturated heterocycles. The standard InChI is InChI=1S/C27H32N4O7S/c1-5-37-25(33)19-7-6-12-29(14-19)22(32)13-21-15-39-27-28-17(4)23(26(34)38-16(2)3)24(30(21)27)18-8-10-20(11-9-18)31(35)36/h8-11,15-16,19,24H,5-7,12-14H2,1-4H3. The van der Waals surface area contributed by atoms with Crippen molar-refractivity contribution >= 4 is 40.5 Å². The zero-order valence-electron chi connectivity index (χ0n) is 22.4. The highest BCUT2D eigenvalue weighted by atomic mass is 32.2. The number of amidine groups is 1. The predicted octanol–water partition coefficient (Wildman–Crippen LogP) is 4.31. The number of hydrogen-bond donors (Lipinski definition) is 0. The Labute approximate surface area is 231 Å². The van der Waals surface area contributed by atoms with Crippen molar-refractivity contribution < 1.29 is 28.8 Å². The number of rotatable bonds is 8. The van der Waals surface area contributed by atoms with E-state index in [0.717, 1.165) is 0 Å². The number of non-ortho nitro benzene ring substituents is 1. The van der Waals surface area contributed by atoms with Crippen molar-refractivity contribution in [3.8, 4) is 0 Å². The summed E-state index contributed by atoms with van der Waals surface area (Å²) in [5, 5.41) is 13.7. The second-order valence-corrected chi connectivity index (χ2v) is 10.6. The van der Waals surface area contributed by atoms with Crippen molar-refractivity contribution in [1.29, 1.82) is 0 Å². The van der Waals surface area contributed by atoms with Crippen molar-refractivity contribution in [2.45, 2.75) is 59.1 Å². The van der Waals surface area contributed by atoms with Gasteiger partial charge in [0.05, 0.1) is 47.3 Å².